The lowest BCUT2D eigenvalue weighted by Crippen LogP contribution is -2.36. The molecular formula is C8H13N3O5. The van der Waals surface area contributed by atoms with Crippen LogP contribution in [0.25, 0.3) is 10.4 Å². The third kappa shape index (κ3) is 2.06. The van der Waals surface area contributed by atoms with Crippen molar-refractivity contribution in [1.29, 1.82) is 0 Å². The van der Waals surface area contributed by atoms with Gasteiger partial charge >= 0.3 is 0 Å². The molecular weight excluding hydrogens is 218 g/mol. The normalized spacial score (nSPS) is 40.2. The quantitative estimate of drug-likeness (QED) is 0.329. The van der Waals surface area contributed by atoms with Gasteiger partial charge in [-0.15, -0.1) is 0 Å². The Bertz CT molecular complexity index is 317. The molecule has 0 saturated carbocycles. The van der Waals surface area contributed by atoms with Crippen molar-refractivity contribution in [3.8, 4) is 0 Å². The zero-order valence-corrected chi connectivity index (χ0v) is 8.94. The van der Waals surface area contributed by atoms with Gasteiger partial charge in [-0.3, -0.25) is 0 Å². The van der Waals surface area contributed by atoms with Crippen molar-refractivity contribution >= 4 is 0 Å². The van der Waals surface area contributed by atoms with Gasteiger partial charge < -0.3 is 24.2 Å². The molecule has 0 unspecified atom stereocenters. The van der Waals surface area contributed by atoms with Crippen LogP contribution in [0.1, 0.15) is 13.8 Å². The summed E-state index contributed by atoms with van der Waals surface area (Å²) in [6.45, 7) is 3.45. The smallest absolute Gasteiger partial charge is 0.190 e. The van der Waals surface area contributed by atoms with Gasteiger partial charge in [0.15, 0.2) is 12.1 Å². The Morgan fingerprint density at radius 1 is 1.50 bits per heavy atom. The van der Waals surface area contributed by atoms with Gasteiger partial charge in [0.25, 0.3) is 0 Å². The van der Waals surface area contributed by atoms with Gasteiger partial charge in [-0.05, 0) is 19.4 Å². The summed E-state index contributed by atoms with van der Waals surface area (Å²) in [6, 6.07) is 0. The summed E-state index contributed by atoms with van der Waals surface area (Å²) in [4.78, 5) is 6.99. The van der Waals surface area contributed by atoms with E-state index in [4.69, 9.17) is 19.7 Å². The lowest BCUT2D eigenvalue weighted by molar-refractivity contribution is -0.220. The van der Waals surface area contributed by atoms with Crippen molar-refractivity contribution < 1.29 is 24.2 Å². The van der Waals surface area contributed by atoms with Gasteiger partial charge in [-0.1, -0.05) is 0 Å². The lowest BCUT2D eigenvalue weighted by atomic mass is 10.1. The van der Waals surface area contributed by atoms with Gasteiger partial charge in [0, 0.05) is 4.91 Å². The first-order valence-electron chi connectivity index (χ1n) is 4.89. The molecule has 0 aromatic carbocycles. The van der Waals surface area contributed by atoms with E-state index in [2.05, 4.69) is 15.0 Å². The molecule has 2 saturated heterocycles. The monoisotopic (exact) mass is 231 g/mol. The predicted octanol–water partition coefficient (Wildman–Crippen LogP) is 0.466. The average Bonchev–Trinajstić information content (AvgIpc) is 2.63. The number of aliphatic hydroxyl groups is 1. The van der Waals surface area contributed by atoms with Crippen LogP contribution in [0.5, 0.6) is 0 Å². The minimum absolute atomic E-state index is 0.0363. The molecule has 90 valence electrons. The van der Waals surface area contributed by atoms with Crippen LogP contribution in [0.4, 0.5) is 0 Å². The largest absolute Gasteiger partial charge is 0.431 e. The van der Waals surface area contributed by atoms with E-state index in [1.807, 2.05) is 0 Å². The number of rotatable bonds is 3. The van der Waals surface area contributed by atoms with E-state index < -0.39 is 30.4 Å². The first-order valence-corrected chi connectivity index (χ1v) is 4.89. The van der Waals surface area contributed by atoms with Crippen LogP contribution in [-0.4, -0.2) is 42.1 Å². The number of hydrogen-bond acceptors (Lipinski definition) is 6. The Labute approximate surface area is 91.6 Å². The van der Waals surface area contributed by atoms with Crippen LogP contribution in [0.3, 0.4) is 0 Å². The molecule has 2 rings (SSSR count). The zero-order valence-electron chi connectivity index (χ0n) is 8.94. The second-order valence-corrected chi connectivity index (χ2v) is 4.10. The summed E-state index contributed by atoms with van der Waals surface area (Å²) < 4.78 is 16.3. The fraction of sp³-hybridized carbons (Fsp3) is 1.00. The van der Waals surface area contributed by atoms with E-state index in [-0.39, 0.29) is 6.61 Å². The Morgan fingerprint density at radius 2 is 2.25 bits per heavy atom. The molecule has 0 aromatic heterocycles. The van der Waals surface area contributed by atoms with Crippen molar-refractivity contribution in [3.05, 3.63) is 10.4 Å². The number of azide groups is 1. The van der Waals surface area contributed by atoms with Crippen LogP contribution < -0.4 is 0 Å². The van der Waals surface area contributed by atoms with Crippen LogP contribution >= 0.6 is 0 Å². The molecule has 0 aliphatic carbocycles. The molecule has 2 fully saturated rings. The maximum atomic E-state index is 9.85. The molecule has 2 aliphatic heterocycles. The molecule has 8 heteroatoms. The standard InChI is InChI=1S/C8H13N3O5/c1-8(2)15-6-5(12)4(3-13-11-10-9)14-7(6)16-8/h4-7,12H,3H2,1-2H3/t4-,5+,6-,7-/m1/s1. The van der Waals surface area contributed by atoms with Crippen molar-refractivity contribution in [2.75, 3.05) is 6.61 Å². The SMILES string of the molecule is CC1(C)O[C@H]2O[C@H](CON=[N+]=[N-])[C@H](O)[C@H]2O1. The third-order valence-electron chi connectivity index (χ3n) is 2.45. The third-order valence-corrected chi connectivity index (χ3v) is 2.45. The summed E-state index contributed by atoms with van der Waals surface area (Å²) in [5.41, 5.74) is 8.02. The lowest BCUT2D eigenvalue weighted by Gasteiger charge is -2.22. The maximum Gasteiger partial charge on any atom is 0.190 e. The van der Waals surface area contributed by atoms with Crippen LogP contribution in [0.2, 0.25) is 0 Å². The van der Waals surface area contributed by atoms with E-state index in [0.29, 0.717) is 0 Å². The first-order chi connectivity index (χ1) is 7.53. The molecule has 16 heavy (non-hydrogen) atoms. The van der Waals surface area contributed by atoms with Gasteiger partial charge in [0.2, 0.25) is 0 Å². The molecule has 0 spiro atoms. The minimum atomic E-state index is -0.860. The fourth-order valence-corrected chi connectivity index (χ4v) is 1.83. The number of hydrogen-bond donors (Lipinski definition) is 1. The highest BCUT2D eigenvalue weighted by atomic mass is 16.8. The predicted molar refractivity (Wildman–Crippen MR) is 49.8 cm³/mol. The number of aliphatic hydroxyl groups excluding tert-OH is 1. The highest BCUT2D eigenvalue weighted by molar-refractivity contribution is 4.92. The van der Waals surface area contributed by atoms with Crippen molar-refractivity contribution in [1.82, 2.24) is 0 Å². The minimum Gasteiger partial charge on any atom is -0.431 e. The molecule has 0 bridgehead atoms. The van der Waals surface area contributed by atoms with Crippen molar-refractivity contribution in [3.63, 3.8) is 0 Å². The number of ether oxygens (including phenoxy) is 3. The Morgan fingerprint density at radius 3 is 2.88 bits per heavy atom. The second kappa shape index (κ2) is 4.08. The van der Waals surface area contributed by atoms with E-state index in [1.165, 1.54) is 0 Å². The Balaban J connectivity index is 1.92. The molecule has 0 amide bonds. The highest BCUT2D eigenvalue weighted by Crippen LogP contribution is 2.37. The molecule has 1 N–H and O–H groups in total. The molecule has 4 atom stereocenters. The summed E-state index contributed by atoms with van der Waals surface area (Å²) in [7, 11) is 0. The van der Waals surface area contributed by atoms with E-state index in [1.54, 1.807) is 13.8 Å². The first kappa shape index (κ1) is 11.4. The van der Waals surface area contributed by atoms with Crippen LogP contribution in [0, 0.1) is 0 Å². The van der Waals surface area contributed by atoms with E-state index in [0.717, 1.165) is 0 Å². The van der Waals surface area contributed by atoms with Gasteiger partial charge in [0.1, 0.15) is 30.2 Å². The molecule has 2 aliphatic rings. The average molecular weight is 231 g/mol. The van der Waals surface area contributed by atoms with Crippen molar-refractivity contribution in [2.24, 2.45) is 5.28 Å². The molecule has 0 aromatic rings. The summed E-state index contributed by atoms with van der Waals surface area (Å²) in [5, 5.41) is 12.7. The van der Waals surface area contributed by atoms with Gasteiger partial charge in [-0.25, -0.2) is 0 Å². The van der Waals surface area contributed by atoms with Gasteiger partial charge in [0.05, 0.1) is 0 Å². The van der Waals surface area contributed by atoms with Crippen LogP contribution in [0.15, 0.2) is 5.28 Å². The number of fused-ring (bicyclic) bond motifs is 1. The number of nitrogens with zero attached hydrogens (tertiary/aromatic N) is 3. The van der Waals surface area contributed by atoms with Gasteiger partial charge in [-0.2, -0.15) is 0 Å². The van der Waals surface area contributed by atoms with E-state index in [9.17, 15) is 5.11 Å². The van der Waals surface area contributed by atoms with Crippen molar-refractivity contribution in [2.45, 2.75) is 44.2 Å². The van der Waals surface area contributed by atoms with Crippen LogP contribution in [-0.2, 0) is 19.0 Å². The topological polar surface area (TPSA) is 106 Å². The molecule has 8 nitrogen and oxygen atoms in total. The summed E-state index contributed by atoms with van der Waals surface area (Å²) in [5.74, 6) is -0.757. The summed E-state index contributed by atoms with van der Waals surface area (Å²) >= 11 is 0. The highest BCUT2D eigenvalue weighted by Gasteiger charge is 2.54. The zero-order chi connectivity index (χ0) is 11.8. The Kier molecular flexibility index (Phi) is 2.92. The molecule has 2 heterocycles. The van der Waals surface area contributed by atoms with E-state index >= 15 is 0 Å². The summed E-state index contributed by atoms with van der Waals surface area (Å²) in [6.07, 6.45) is -2.61. The Hall–Kier alpha value is -1.05. The fourth-order valence-electron chi connectivity index (χ4n) is 1.83. The maximum absolute atomic E-state index is 9.85. The molecule has 0 radical (unpaired) electrons. The second-order valence-electron chi connectivity index (χ2n) is 4.10.